The summed E-state index contributed by atoms with van der Waals surface area (Å²) in [7, 11) is 0.629. The van der Waals surface area contributed by atoms with Gasteiger partial charge < -0.3 is 14.6 Å². The van der Waals surface area contributed by atoms with E-state index in [0.717, 1.165) is 4.31 Å². The van der Waals surface area contributed by atoms with Gasteiger partial charge in [-0.3, -0.25) is 0 Å². The van der Waals surface area contributed by atoms with Gasteiger partial charge in [-0.2, -0.15) is 4.31 Å². The first-order valence-electron chi connectivity index (χ1n) is 6.44. The number of hydrogen-bond donors (Lipinski definition) is 1. The largest absolute Gasteiger partial charge is 0.493 e. The Kier molecular flexibility index (Phi) is 5.25. The quantitative estimate of drug-likeness (QED) is 0.858. The highest BCUT2D eigenvalue weighted by Gasteiger charge is 2.35. The molecule has 0 fully saturated rings. The molecule has 0 heterocycles. The van der Waals surface area contributed by atoms with Gasteiger partial charge in [0, 0.05) is 13.1 Å². The molecule has 0 saturated carbocycles. The lowest BCUT2D eigenvalue weighted by Gasteiger charge is -2.33. The van der Waals surface area contributed by atoms with Crippen LogP contribution in [0.3, 0.4) is 0 Å². The summed E-state index contributed by atoms with van der Waals surface area (Å²) in [6.07, 6.45) is 0. The van der Waals surface area contributed by atoms with Gasteiger partial charge in [0.05, 0.1) is 31.3 Å². The maximum absolute atomic E-state index is 12.7. The molecule has 7 heteroatoms. The summed E-state index contributed by atoms with van der Waals surface area (Å²) in [4.78, 5) is 0.129. The van der Waals surface area contributed by atoms with Gasteiger partial charge >= 0.3 is 0 Å². The molecule has 0 atom stereocenters. The third kappa shape index (κ3) is 3.30. The second-order valence-electron chi connectivity index (χ2n) is 5.42. The molecule has 0 aliphatic heterocycles. The molecule has 1 aromatic carbocycles. The molecule has 0 aliphatic rings. The van der Waals surface area contributed by atoms with Gasteiger partial charge in [0.2, 0.25) is 10.0 Å². The Morgan fingerprint density at radius 3 is 2.10 bits per heavy atom. The van der Waals surface area contributed by atoms with Gasteiger partial charge in [0.25, 0.3) is 0 Å². The molecule has 0 unspecified atom stereocenters. The third-order valence-corrected chi connectivity index (χ3v) is 5.77. The highest BCUT2D eigenvalue weighted by atomic mass is 32.2. The Hall–Kier alpha value is -1.31. The van der Waals surface area contributed by atoms with Gasteiger partial charge in [-0.25, -0.2) is 8.42 Å². The molecule has 0 radical (unpaired) electrons. The third-order valence-electron chi connectivity index (χ3n) is 3.56. The maximum Gasteiger partial charge on any atom is 0.243 e. The summed E-state index contributed by atoms with van der Waals surface area (Å²) in [5.74, 6) is 0.815. The van der Waals surface area contributed by atoms with Crippen molar-refractivity contribution >= 4 is 10.0 Å². The average Bonchev–Trinajstić information content (AvgIpc) is 2.45. The van der Waals surface area contributed by atoms with Crippen molar-refractivity contribution in [3.63, 3.8) is 0 Å². The molecule has 1 aromatic rings. The number of sulfonamides is 1. The summed E-state index contributed by atoms with van der Waals surface area (Å²) in [6.45, 7) is 4.71. The van der Waals surface area contributed by atoms with E-state index in [1.165, 1.54) is 27.3 Å². The number of nitrogens with zero attached hydrogens (tertiary/aromatic N) is 1. The fraction of sp³-hybridized carbons (Fsp3) is 0.571. The zero-order valence-corrected chi connectivity index (χ0v) is 14.1. The van der Waals surface area contributed by atoms with E-state index in [0.29, 0.717) is 17.1 Å². The van der Waals surface area contributed by atoms with E-state index in [2.05, 4.69) is 0 Å². The van der Waals surface area contributed by atoms with Crippen molar-refractivity contribution in [1.82, 2.24) is 4.31 Å². The lowest BCUT2D eigenvalue weighted by atomic mass is 10.1. The molecule has 0 spiro atoms. The van der Waals surface area contributed by atoms with Crippen molar-refractivity contribution in [3.8, 4) is 11.5 Å². The molecular weight excluding hydrogens is 294 g/mol. The standard InChI is InChI=1S/C14H23NO5S/c1-10-7-11(19-5)12(20-6)8-13(10)21(17,18)15(4)14(2,3)9-16/h7-8,16H,9H2,1-6H3. The lowest BCUT2D eigenvalue weighted by Crippen LogP contribution is -2.47. The first-order valence-corrected chi connectivity index (χ1v) is 7.88. The molecule has 0 saturated heterocycles. The van der Waals surface area contributed by atoms with Crippen LogP contribution in [0.25, 0.3) is 0 Å². The van der Waals surface area contributed by atoms with Crippen LogP contribution in [0, 0.1) is 6.92 Å². The van der Waals surface area contributed by atoms with Gasteiger partial charge in [-0.1, -0.05) is 0 Å². The van der Waals surface area contributed by atoms with E-state index in [1.807, 2.05) is 0 Å². The highest BCUT2D eigenvalue weighted by molar-refractivity contribution is 7.89. The van der Waals surface area contributed by atoms with Crippen molar-refractivity contribution in [2.45, 2.75) is 31.2 Å². The summed E-state index contributed by atoms with van der Waals surface area (Å²) in [5, 5.41) is 9.38. The van der Waals surface area contributed by atoms with Crippen molar-refractivity contribution in [2.75, 3.05) is 27.9 Å². The smallest absolute Gasteiger partial charge is 0.243 e. The van der Waals surface area contributed by atoms with Crippen molar-refractivity contribution in [2.24, 2.45) is 0 Å². The lowest BCUT2D eigenvalue weighted by molar-refractivity contribution is 0.138. The second-order valence-corrected chi connectivity index (χ2v) is 7.35. The predicted molar refractivity (Wildman–Crippen MR) is 80.4 cm³/mol. The second kappa shape index (κ2) is 6.21. The van der Waals surface area contributed by atoms with Crippen LogP contribution in [0.1, 0.15) is 19.4 Å². The number of rotatable bonds is 6. The SMILES string of the molecule is COc1cc(C)c(S(=O)(=O)N(C)C(C)(C)CO)cc1OC. The Labute approximate surface area is 126 Å². The average molecular weight is 317 g/mol. The van der Waals surface area contributed by atoms with Crippen LogP contribution in [0.2, 0.25) is 0 Å². The molecule has 1 rings (SSSR count). The normalized spacial score (nSPS) is 12.6. The van der Waals surface area contributed by atoms with Gasteiger partial charge in [-0.15, -0.1) is 0 Å². The fourth-order valence-electron chi connectivity index (χ4n) is 1.81. The Bertz CT molecular complexity index is 610. The van der Waals surface area contributed by atoms with Crippen LogP contribution in [-0.2, 0) is 10.0 Å². The van der Waals surface area contributed by atoms with E-state index < -0.39 is 15.6 Å². The maximum atomic E-state index is 12.7. The number of ether oxygens (including phenoxy) is 2. The zero-order valence-electron chi connectivity index (χ0n) is 13.3. The van der Waals surface area contributed by atoms with Gasteiger partial charge in [0.1, 0.15) is 0 Å². The predicted octanol–water partition coefficient (Wildman–Crippen LogP) is 1.40. The minimum Gasteiger partial charge on any atom is -0.493 e. The topological polar surface area (TPSA) is 76.1 Å². The van der Waals surface area contributed by atoms with E-state index >= 15 is 0 Å². The number of benzene rings is 1. The minimum absolute atomic E-state index is 0.129. The highest BCUT2D eigenvalue weighted by Crippen LogP contribution is 2.34. The Balaban J connectivity index is 3.45. The number of aryl methyl sites for hydroxylation is 1. The number of aliphatic hydroxyl groups is 1. The van der Waals surface area contributed by atoms with Crippen LogP contribution < -0.4 is 9.47 Å². The molecule has 0 bridgehead atoms. The first-order chi connectivity index (χ1) is 9.61. The molecule has 0 aromatic heterocycles. The van der Waals surface area contributed by atoms with E-state index in [-0.39, 0.29) is 11.5 Å². The number of methoxy groups -OCH3 is 2. The minimum atomic E-state index is -3.76. The van der Waals surface area contributed by atoms with Crippen LogP contribution in [0.15, 0.2) is 17.0 Å². The van der Waals surface area contributed by atoms with E-state index in [4.69, 9.17) is 9.47 Å². The fourth-order valence-corrected chi connectivity index (χ4v) is 3.54. The van der Waals surface area contributed by atoms with Crippen molar-refractivity contribution in [1.29, 1.82) is 0 Å². The van der Waals surface area contributed by atoms with Crippen LogP contribution in [0.4, 0.5) is 0 Å². The number of aliphatic hydroxyl groups excluding tert-OH is 1. The number of hydrogen-bond acceptors (Lipinski definition) is 5. The molecule has 21 heavy (non-hydrogen) atoms. The molecule has 1 N–H and O–H groups in total. The van der Waals surface area contributed by atoms with Crippen LogP contribution in [-0.4, -0.2) is 51.2 Å². The number of likely N-dealkylation sites (N-methyl/N-ethyl adjacent to an activating group) is 1. The Morgan fingerprint density at radius 2 is 1.67 bits per heavy atom. The Morgan fingerprint density at radius 1 is 1.19 bits per heavy atom. The van der Waals surface area contributed by atoms with Gasteiger partial charge in [0.15, 0.2) is 11.5 Å². The zero-order chi connectivity index (χ0) is 16.4. The molecule has 6 nitrogen and oxygen atoms in total. The summed E-state index contributed by atoms with van der Waals surface area (Å²) < 4.78 is 37.0. The van der Waals surface area contributed by atoms with Crippen molar-refractivity contribution in [3.05, 3.63) is 17.7 Å². The van der Waals surface area contributed by atoms with E-state index in [9.17, 15) is 13.5 Å². The molecule has 0 amide bonds. The summed E-state index contributed by atoms with van der Waals surface area (Å²) >= 11 is 0. The van der Waals surface area contributed by atoms with E-state index in [1.54, 1.807) is 26.8 Å². The van der Waals surface area contributed by atoms with Crippen LogP contribution in [0.5, 0.6) is 11.5 Å². The molecule has 120 valence electrons. The summed E-state index contributed by atoms with van der Waals surface area (Å²) in [5.41, 5.74) is -0.355. The molecule has 0 aliphatic carbocycles. The summed E-state index contributed by atoms with van der Waals surface area (Å²) in [6, 6.07) is 3.05. The van der Waals surface area contributed by atoms with Crippen LogP contribution >= 0.6 is 0 Å². The van der Waals surface area contributed by atoms with Gasteiger partial charge in [-0.05, 0) is 32.4 Å². The first kappa shape index (κ1) is 17.7. The monoisotopic (exact) mass is 317 g/mol. The van der Waals surface area contributed by atoms with Crippen molar-refractivity contribution < 1.29 is 23.0 Å². The molecular formula is C14H23NO5S.